The molecule has 4 N–H and O–H groups in total. The normalized spacial score (nSPS) is 28.9. The van der Waals surface area contributed by atoms with Crippen LogP contribution in [0.1, 0.15) is 13.2 Å². The number of aromatic nitrogens is 4. The summed E-state index contributed by atoms with van der Waals surface area (Å²) in [6.07, 6.45) is -1.19. The maximum atomic E-state index is 14.7. The first-order valence-electron chi connectivity index (χ1n) is 6.26. The number of aliphatic hydroxyl groups is 1. The average molecular weight is 294 g/mol. The van der Waals surface area contributed by atoms with E-state index in [9.17, 15) is 9.50 Å². The summed E-state index contributed by atoms with van der Waals surface area (Å²) in [6, 6.07) is 0. The smallest absolute Gasteiger partial charge is 0.224 e. The summed E-state index contributed by atoms with van der Waals surface area (Å²) in [7, 11) is 1.66. The number of fused-ring (bicyclic) bond motifs is 1. The second-order valence-corrected chi connectivity index (χ2v) is 4.99. The summed E-state index contributed by atoms with van der Waals surface area (Å²) in [5.41, 5.74) is 4.32. The fourth-order valence-electron chi connectivity index (χ4n) is 2.38. The van der Waals surface area contributed by atoms with Crippen LogP contribution >= 0.6 is 0 Å². The Hall–Kier alpha value is -2.42. The van der Waals surface area contributed by atoms with Gasteiger partial charge < -0.3 is 20.9 Å². The highest BCUT2D eigenvalue weighted by Gasteiger charge is 2.53. The third kappa shape index (κ3) is 1.81. The number of hydrogen-bond donors (Lipinski definition) is 3. The van der Waals surface area contributed by atoms with Gasteiger partial charge in [-0.25, -0.2) is 9.37 Å². The van der Waals surface area contributed by atoms with Gasteiger partial charge in [-0.1, -0.05) is 6.58 Å². The van der Waals surface area contributed by atoms with Crippen molar-refractivity contribution in [1.82, 2.24) is 19.5 Å². The lowest BCUT2D eigenvalue weighted by molar-refractivity contribution is -0.0308. The number of nitrogens with zero attached hydrogens (tertiary/aromatic N) is 4. The van der Waals surface area contributed by atoms with Gasteiger partial charge in [-0.3, -0.25) is 4.57 Å². The molecule has 0 radical (unpaired) electrons. The van der Waals surface area contributed by atoms with E-state index in [0.717, 1.165) is 0 Å². The van der Waals surface area contributed by atoms with Gasteiger partial charge in [0, 0.05) is 7.05 Å². The molecule has 8 nitrogen and oxygen atoms in total. The van der Waals surface area contributed by atoms with Gasteiger partial charge in [0.15, 0.2) is 22.7 Å². The van der Waals surface area contributed by atoms with Gasteiger partial charge in [-0.2, -0.15) is 9.97 Å². The number of halogens is 1. The first kappa shape index (κ1) is 13.6. The molecule has 0 aliphatic carbocycles. The zero-order valence-electron chi connectivity index (χ0n) is 11.5. The van der Waals surface area contributed by atoms with Crippen molar-refractivity contribution >= 4 is 22.9 Å². The van der Waals surface area contributed by atoms with Crippen LogP contribution in [0.5, 0.6) is 0 Å². The molecule has 21 heavy (non-hydrogen) atoms. The molecule has 2 aromatic heterocycles. The molecule has 1 fully saturated rings. The number of nitrogens with one attached hydrogen (secondary N) is 1. The highest BCUT2D eigenvalue weighted by Crippen LogP contribution is 2.43. The second-order valence-electron chi connectivity index (χ2n) is 4.99. The Kier molecular flexibility index (Phi) is 2.77. The lowest BCUT2D eigenvalue weighted by atomic mass is 10.0. The molecule has 2 aromatic rings. The third-order valence-corrected chi connectivity index (χ3v) is 3.51. The van der Waals surface area contributed by atoms with E-state index < -0.39 is 18.0 Å². The van der Waals surface area contributed by atoms with E-state index in [0.29, 0.717) is 17.0 Å². The highest BCUT2D eigenvalue weighted by molar-refractivity contribution is 5.84. The molecule has 3 rings (SSSR count). The fourth-order valence-corrected chi connectivity index (χ4v) is 2.38. The molecule has 1 aliphatic rings. The Labute approximate surface area is 119 Å². The number of hydrogen-bond acceptors (Lipinski definition) is 7. The van der Waals surface area contributed by atoms with E-state index in [2.05, 4.69) is 26.8 Å². The zero-order valence-corrected chi connectivity index (χ0v) is 11.5. The lowest BCUT2D eigenvalue weighted by Gasteiger charge is -2.23. The fraction of sp³-hybridized carbons (Fsp3) is 0.417. The van der Waals surface area contributed by atoms with Crippen LogP contribution in [0.2, 0.25) is 0 Å². The van der Waals surface area contributed by atoms with Crippen LogP contribution in [0.25, 0.3) is 11.2 Å². The minimum Gasteiger partial charge on any atom is -0.469 e. The Bertz CT molecular complexity index is 728. The Morgan fingerprint density at radius 2 is 2.29 bits per heavy atom. The van der Waals surface area contributed by atoms with Crippen molar-refractivity contribution in [3.05, 3.63) is 18.7 Å². The molecule has 0 spiro atoms. The lowest BCUT2D eigenvalue weighted by Crippen LogP contribution is -2.36. The Morgan fingerprint density at radius 3 is 2.86 bits per heavy atom. The number of anilines is 2. The molecule has 1 saturated heterocycles. The van der Waals surface area contributed by atoms with Gasteiger partial charge in [0.05, 0.1) is 0 Å². The van der Waals surface area contributed by atoms with Crippen molar-refractivity contribution in [1.29, 1.82) is 0 Å². The molecule has 0 amide bonds. The minimum absolute atomic E-state index is 0.0199. The van der Waals surface area contributed by atoms with E-state index in [1.165, 1.54) is 17.8 Å². The van der Waals surface area contributed by atoms with Crippen LogP contribution in [0.3, 0.4) is 0 Å². The molecule has 0 aromatic carbocycles. The number of nitrogens with two attached hydrogens (primary N) is 1. The Balaban J connectivity index is 2.18. The number of imidazole rings is 1. The number of ether oxygens (including phenoxy) is 1. The van der Waals surface area contributed by atoms with Crippen LogP contribution in [0.15, 0.2) is 18.7 Å². The van der Waals surface area contributed by atoms with Crippen LogP contribution in [-0.4, -0.2) is 43.4 Å². The van der Waals surface area contributed by atoms with Gasteiger partial charge in [0.1, 0.15) is 18.2 Å². The van der Waals surface area contributed by atoms with Crippen molar-refractivity contribution in [3.63, 3.8) is 0 Å². The number of alkyl halides is 1. The van der Waals surface area contributed by atoms with E-state index in [-0.39, 0.29) is 11.7 Å². The van der Waals surface area contributed by atoms with Gasteiger partial charge in [-0.15, -0.1) is 0 Å². The summed E-state index contributed by atoms with van der Waals surface area (Å²) < 4.78 is 21.4. The highest BCUT2D eigenvalue weighted by atomic mass is 19.1. The standard InChI is InChI=1S/C12H15FN6O2/c1-5-7(20)12(2,13)10(21-5)19-4-16-6-8(15-3)17-11(14)18-9(6)19/h4,7,10,20H,1H2,2-3H3,(H3,14,15,17,18)/t7-,10-,12-/m1/s1. The molecular weight excluding hydrogens is 279 g/mol. The molecule has 0 saturated carbocycles. The monoisotopic (exact) mass is 294 g/mol. The average Bonchev–Trinajstić information content (AvgIpc) is 2.92. The zero-order chi connectivity index (χ0) is 15.4. The Morgan fingerprint density at radius 1 is 1.57 bits per heavy atom. The molecule has 112 valence electrons. The van der Waals surface area contributed by atoms with Crippen LogP contribution < -0.4 is 11.1 Å². The van der Waals surface area contributed by atoms with E-state index >= 15 is 0 Å². The SMILES string of the molecule is C=C1O[C@@H](n2cnc3c(NC)nc(N)nc32)[C@](C)(F)[C@@H]1O. The number of aliphatic hydroxyl groups excluding tert-OH is 1. The van der Waals surface area contributed by atoms with Crippen LogP contribution in [-0.2, 0) is 4.74 Å². The molecule has 0 bridgehead atoms. The molecule has 3 heterocycles. The maximum absolute atomic E-state index is 14.7. The topological polar surface area (TPSA) is 111 Å². The van der Waals surface area contributed by atoms with E-state index in [4.69, 9.17) is 10.5 Å². The van der Waals surface area contributed by atoms with Gasteiger partial charge in [0.25, 0.3) is 0 Å². The van der Waals surface area contributed by atoms with E-state index in [1.54, 1.807) is 7.05 Å². The minimum atomic E-state index is -2.07. The predicted octanol–water partition coefficient (Wildman–Crippen LogP) is 0.582. The van der Waals surface area contributed by atoms with Crippen molar-refractivity contribution < 1.29 is 14.2 Å². The maximum Gasteiger partial charge on any atom is 0.224 e. The van der Waals surface area contributed by atoms with Gasteiger partial charge in [0.2, 0.25) is 12.2 Å². The van der Waals surface area contributed by atoms with Crippen LogP contribution in [0.4, 0.5) is 16.2 Å². The van der Waals surface area contributed by atoms with Crippen molar-refractivity contribution in [2.45, 2.75) is 24.9 Å². The third-order valence-electron chi connectivity index (χ3n) is 3.51. The summed E-state index contributed by atoms with van der Waals surface area (Å²) in [5, 5.41) is 12.7. The summed E-state index contributed by atoms with van der Waals surface area (Å²) in [5.74, 6) is 0.406. The van der Waals surface area contributed by atoms with E-state index in [1.807, 2.05) is 0 Å². The summed E-state index contributed by atoms with van der Waals surface area (Å²) >= 11 is 0. The quantitative estimate of drug-likeness (QED) is 0.743. The largest absolute Gasteiger partial charge is 0.469 e. The van der Waals surface area contributed by atoms with Crippen LogP contribution in [0, 0.1) is 0 Å². The van der Waals surface area contributed by atoms with Crippen molar-refractivity contribution in [2.24, 2.45) is 0 Å². The van der Waals surface area contributed by atoms with Gasteiger partial charge >= 0.3 is 0 Å². The van der Waals surface area contributed by atoms with Crippen molar-refractivity contribution in [3.8, 4) is 0 Å². The van der Waals surface area contributed by atoms with Gasteiger partial charge in [-0.05, 0) is 6.92 Å². The number of nitrogen functional groups attached to an aromatic ring is 1. The molecular formula is C12H15FN6O2. The molecule has 3 atom stereocenters. The molecule has 9 heteroatoms. The molecule has 1 aliphatic heterocycles. The molecule has 0 unspecified atom stereocenters. The first-order chi connectivity index (χ1) is 9.86. The first-order valence-corrected chi connectivity index (χ1v) is 6.26. The summed E-state index contributed by atoms with van der Waals surface area (Å²) in [4.78, 5) is 12.2. The van der Waals surface area contributed by atoms with Crippen molar-refractivity contribution in [2.75, 3.05) is 18.1 Å². The predicted molar refractivity (Wildman–Crippen MR) is 74.1 cm³/mol. The number of rotatable bonds is 2. The second kappa shape index (κ2) is 4.29. The summed E-state index contributed by atoms with van der Waals surface area (Å²) in [6.45, 7) is 4.74.